The first kappa shape index (κ1) is 20.5. The molecule has 0 bridgehead atoms. The summed E-state index contributed by atoms with van der Waals surface area (Å²) in [4.78, 5) is 2.43. The van der Waals surface area contributed by atoms with Crippen molar-refractivity contribution in [2.24, 2.45) is 0 Å². The number of rotatable bonds is 6. The third kappa shape index (κ3) is 5.32. The number of aryl methyl sites for hydroxylation is 2. The Balaban J connectivity index is 1.92. The minimum Gasteiger partial charge on any atom is -0.363 e. The molecule has 1 saturated heterocycles. The molecule has 8 heteroatoms. The van der Waals surface area contributed by atoms with Crippen LogP contribution in [0.5, 0.6) is 0 Å². The fraction of sp³-hybridized carbons (Fsp3) is 0.588. The highest BCUT2D eigenvalue weighted by atomic mass is 32.2. The molecule has 0 unspecified atom stereocenters. The van der Waals surface area contributed by atoms with Crippen molar-refractivity contribution in [3.05, 3.63) is 29.3 Å². The summed E-state index contributed by atoms with van der Waals surface area (Å²) in [6, 6.07) is 5.32. The quantitative estimate of drug-likeness (QED) is 0.583. The van der Waals surface area contributed by atoms with Gasteiger partial charge in [-0.3, -0.25) is 0 Å². The van der Waals surface area contributed by atoms with E-state index >= 15 is 0 Å². The van der Waals surface area contributed by atoms with E-state index in [-0.39, 0.29) is 0 Å². The molecule has 1 aliphatic heterocycles. The van der Waals surface area contributed by atoms with Crippen LogP contribution in [-0.4, -0.2) is 67.5 Å². The number of piperazine rings is 1. The molecule has 1 N–H and O–H groups in total. The van der Waals surface area contributed by atoms with Crippen molar-refractivity contribution in [1.82, 2.24) is 14.5 Å². The van der Waals surface area contributed by atoms with Crippen LogP contribution in [0.3, 0.4) is 0 Å². The predicted octanol–water partition coefficient (Wildman–Crippen LogP) is 2.24. The molecular weight excluding hydrogens is 374 g/mol. The molecule has 1 heterocycles. The fourth-order valence-electron chi connectivity index (χ4n) is 2.68. The van der Waals surface area contributed by atoms with Crippen LogP contribution in [0.15, 0.2) is 23.1 Å². The largest absolute Gasteiger partial charge is 0.363 e. The van der Waals surface area contributed by atoms with Crippen LogP contribution in [0.1, 0.15) is 17.5 Å². The zero-order valence-corrected chi connectivity index (χ0v) is 17.6. The lowest BCUT2D eigenvalue weighted by Gasteiger charge is -2.35. The number of thiocarbonyl (C=S) groups is 1. The van der Waals surface area contributed by atoms with E-state index in [0.29, 0.717) is 31.1 Å². The van der Waals surface area contributed by atoms with Crippen LogP contribution >= 0.6 is 24.0 Å². The fourth-order valence-corrected chi connectivity index (χ4v) is 4.90. The van der Waals surface area contributed by atoms with Gasteiger partial charge in [0.05, 0.1) is 4.90 Å². The van der Waals surface area contributed by atoms with Gasteiger partial charge >= 0.3 is 0 Å². The average Bonchev–Trinajstić information content (AvgIpc) is 2.61. The summed E-state index contributed by atoms with van der Waals surface area (Å²) in [6.45, 7) is 6.95. The Kier molecular flexibility index (Phi) is 7.54. The summed E-state index contributed by atoms with van der Waals surface area (Å²) in [5, 5.41) is 3.99. The van der Waals surface area contributed by atoms with E-state index in [1.165, 1.54) is 0 Å². The van der Waals surface area contributed by atoms with Gasteiger partial charge < -0.3 is 10.2 Å². The minimum absolute atomic E-state index is 0.377. The van der Waals surface area contributed by atoms with Gasteiger partial charge in [-0.15, -0.1) is 0 Å². The van der Waals surface area contributed by atoms with Crippen molar-refractivity contribution < 1.29 is 8.42 Å². The lowest BCUT2D eigenvalue weighted by atomic mass is 10.1. The second-order valence-electron chi connectivity index (χ2n) is 6.22. The highest BCUT2D eigenvalue weighted by Gasteiger charge is 2.29. The van der Waals surface area contributed by atoms with Crippen LogP contribution in [-0.2, 0) is 10.0 Å². The molecule has 0 aliphatic carbocycles. The van der Waals surface area contributed by atoms with Crippen molar-refractivity contribution in [3.63, 3.8) is 0 Å². The number of benzene rings is 1. The van der Waals surface area contributed by atoms with Gasteiger partial charge in [-0.05, 0) is 67.8 Å². The second kappa shape index (κ2) is 9.21. The molecule has 0 atom stereocenters. The summed E-state index contributed by atoms with van der Waals surface area (Å²) in [5.41, 5.74) is 2.09. The predicted molar refractivity (Wildman–Crippen MR) is 110 cm³/mol. The second-order valence-corrected chi connectivity index (χ2v) is 9.53. The molecule has 1 aromatic carbocycles. The molecule has 5 nitrogen and oxygen atoms in total. The van der Waals surface area contributed by atoms with Crippen LogP contribution in [0.25, 0.3) is 0 Å². The molecule has 1 aromatic rings. The van der Waals surface area contributed by atoms with Crippen LogP contribution in [0, 0.1) is 13.8 Å². The molecule has 0 saturated carbocycles. The lowest BCUT2D eigenvalue weighted by molar-refractivity contribution is 0.264. The molecule has 0 radical (unpaired) electrons. The van der Waals surface area contributed by atoms with Gasteiger partial charge in [0.2, 0.25) is 10.0 Å². The number of sulfonamides is 1. The Morgan fingerprint density at radius 1 is 1.20 bits per heavy atom. The van der Waals surface area contributed by atoms with E-state index in [4.69, 9.17) is 12.2 Å². The van der Waals surface area contributed by atoms with Crippen molar-refractivity contribution in [3.8, 4) is 0 Å². The van der Waals surface area contributed by atoms with E-state index in [1.54, 1.807) is 16.4 Å². The van der Waals surface area contributed by atoms with Crippen LogP contribution < -0.4 is 5.32 Å². The number of hydrogen-bond donors (Lipinski definition) is 1. The Morgan fingerprint density at radius 3 is 2.48 bits per heavy atom. The summed E-state index contributed by atoms with van der Waals surface area (Å²) < 4.78 is 27.2. The van der Waals surface area contributed by atoms with E-state index in [9.17, 15) is 8.42 Å². The Bertz CT molecular complexity index is 699. The molecule has 1 fully saturated rings. The van der Waals surface area contributed by atoms with Gasteiger partial charge in [0.25, 0.3) is 0 Å². The van der Waals surface area contributed by atoms with Crippen molar-refractivity contribution in [2.75, 3.05) is 44.7 Å². The number of nitrogens with one attached hydrogen (secondary N) is 1. The highest BCUT2D eigenvalue weighted by Crippen LogP contribution is 2.20. The number of hydrogen-bond acceptors (Lipinski definition) is 4. The van der Waals surface area contributed by atoms with Gasteiger partial charge in [-0.1, -0.05) is 6.07 Å². The molecule has 0 spiro atoms. The molecule has 1 aliphatic rings. The van der Waals surface area contributed by atoms with E-state index in [0.717, 1.165) is 35.0 Å². The first-order chi connectivity index (χ1) is 11.9. The number of thioether (sulfide) groups is 1. The van der Waals surface area contributed by atoms with E-state index < -0.39 is 10.0 Å². The zero-order chi connectivity index (χ0) is 18.4. The summed E-state index contributed by atoms with van der Waals surface area (Å²) in [6.07, 6.45) is 3.16. The first-order valence-corrected chi connectivity index (χ1v) is 11.7. The third-order valence-electron chi connectivity index (χ3n) is 4.44. The van der Waals surface area contributed by atoms with Crippen LogP contribution in [0.2, 0.25) is 0 Å². The van der Waals surface area contributed by atoms with Gasteiger partial charge in [0.15, 0.2) is 5.11 Å². The maximum Gasteiger partial charge on any atom is 0.243 e. The lowest BCUT2D eigenvalue weighted by Crippen LogP contribution is -2.53. The van der Waals surface area contributed by atoms with E-state index in [1.807, 2.05) is 31.7 Å². The standard InChI is InChI=1S/C17H27N3O2S3/c1-14-5-6-16(13-15(14)2)25(21,22)20-10-8-19(9-11-20)17(23)18-7-4-12-24-3/h5-6,13H,4,7-12H2,1-3H3,(H,18,23). The Hall–Kier alpha value is -0.830. The Labute approximate surface area is 161 Å². The summed E-state index contributed by atoms with van der Waals surface area (Å²) >= 11 is 7.24. The van der Waals surface area contributed by atoms with Gasteiger partial charge in [0, 0.05) is 32.7 Å². The topological polar surface area (TPSA) is 52.6 Å². The molecule has 0 amide bonds. The third-order valence-corrected chi connectivity index (χ3v) is 7.44. The molecule has 25 heavy (non-hydrogen) atoms. The van der Waals surface area contributed by atoms with Crippen LogP contribution in [0.4, 0.5) is 0 Å². The smallest absolute Gasteiger partial charge is 0.243 e. The van der Waals surface area contributed by atoms with E-state index in [2.05, 4.69) is 16.5 Å². The summed E-state index contributed by atoms with van der Waals surface area (Å²) in [7, 11) is -3.43. The molecular formula is C17H27N3O2S3. The van der Waals surface area contributed by atoms with Gasteiger partial charge in [0.1, 0.15) is 0 Å². The number of nitrogens with zero attached hydrogens (tertiary/aromatic N) is 2. The minimum atomic E-state index is -3.43. The Morgan fingerprint density at radius 2 is 1.88 bits per heavy atom. The highest BCUT2D eigenvalue weighted by molar-refractivity contribution is 7.98. The maximum absolute atomic E-state index is 12.8. The first-order valence-electron chi connectivity index (χ1n) is 8.45. The maximum atomic E-state index is 12.8. The van der Waals surface area contributed by atoms with Gasteiger partial charge in [-0.25, -0.2) is 8.42 Å². The molecule has 2 rings (SSSR count). The van der Waals surface area contributed by atoms with Crippen molar-refractivity contribution in [1.29, 1.82) is 0 Å². The molecule has 0 aromatic heterocycles. The van der Waals surface area contributed by atoms with Crippen molar-refractivity contribution in [2.45, 2.75) is 25.2 Å². The van der Waals surface area contributed by atoms with Crippen molar-refractivity contribution >= 4 is 39.1 Å². The molecule has 140 valence electrons. The average molecular weight is 402 g/mol. The normalized spacial score (nSPS) is 16.0. The monoisotopic (exact) mass is 401 g/mol. The summed E-state index contributed by atoms with van der Waals surface area (Å²) in [5.74, 6) is 1.11. The van der Waals surface area contributed by atoms with Gasteiger partial charge in [-0.2, -0.15) is 16.1 Å². The zero-order valence-electron chi connectivity index (χ0n) is 15.1. The SMILES string of the molecule is CSCCCNC(=S)N1CCN(S(=O)(=O)c2ccc(C)c(C)c2)CC1.